The van der Waals surface area contributed by atoms with Crippen LogP contribution >= 0.6 is 47.8 Å². The Morgan fingerprint density at radius 2 is 2.16 bits per heavy atom. The van der Waals surface area contributed by atoms with E-state index in [1.807, 2.05) is 23.1 Å². The Bertz CT molecular complexity index is 464. The Hall–Kier alpha value is 0.130. The minimum Gasteiger partial charge on any atom is -0.336 e. The molecule has 0 saturated carbocycles. The van der Waals surface area contributed by atoms with E-state index in [4.69, 9.17) is 0 Å². The predicted molar refractivity (Wildman–Crippen MR) is 88.9 cm³/mol. The number of halogens is 3. The van der Waals surface area contributed by atoms with E-state index in [-0.39, 0.29) is 5.91 Å². The Morgan fingerprint density at radius 1 is 1.37 bits per heavy atom. The van der Waals surface area contributed by atoms with Gasteiger partial charge in [0, 0.05) is 26.9 Å². The number of carbonyl (C=O) groups excluding carboxylic acids is 1. The minimum absolute atomic E-state index is 0.149. The van der Waals surface area contributed by atoms with Gasteiger partial charge in [0.25, 0.3) is 5.91 Å². The predicted octanol–water partition coefficient (Wildman–Crippen LogP) is 4.99. The molecule has 1 aromatic rings. The summed E-state index contributed by atoms with van der Waals surface area (Å²) in [7, 11) is 0. The molecule has 1 saturated heterocycles. The summed E-state index contributed by atoms with van der Waals surface area (Å²) in [5, 5.41) is 1.01. The van der Waals surface area contributed by atoms with Crippen molar-refractivity contribution in [1.82, 2.24) is 4.90 Å². The Morgan fingerprint density at radius 3 is 2.84 bits per heavy atom. The third-order valence-corrected chi connectivity index (χ3v) is 5.18. The molecule has 2 rings (SSSR count). The van der Waals surface area contributed by atoms with Crippen molar-refractivity contribution in [3.63, 3.8) is 0 Å². The van der Waals surface area contributed by atoms with Gasteiger partial charge in [-0.15, -0.1) is 0 Å². The molecular formula is C14H16Br3NO. The molecule has 1 amide bonds. The first-order valence-electron chi connectivity index (χ1n) is 6.45. The van der Waals surface area contributed by atoms with Crippen LogP contribution < -0.4 is 0 Å². The molecule has 1 unspecified atom stereocenters. The number of carbonyl (C=O) groups is 1. The molecule has 0 bridgehead atoms. The number of benzene rings is 1. The summed E-state index contributed by atoms with van der Waals surface area (Å²) in [6.07, 6.45) is 4.46. The van der Waals surface area contributed by atoms with E-state index < -0.39 is 0 Å². The van der Waals surface area contributed by atoms with Crippen LogP contribution in [0.15, 0.2) is 27.1 Å². The van der Waals surface area contributed by atoms with Crippen molar-refractivity contribution in [2.45, 2.75) is 31.7 Å². The second-order valence-corrected chi connectivity index (χ2v) is 7.31. The fraction of sp³-hybridized carbons (Fsp3) is 0.500. The maximum Gasteiger partial charge on any atom is 0.255 e. The molecule has 104 valence electrons. The zero-order valence-electron chi connectivity index (χ0n) is 10.5. The lowest BCUT2D eigenvalue weighted by atomic mass is 10.1. The summed E-state index contributed by atoms with van der Waals surface area (Å²) >= 11 is 10.4. The molecule has 1 heterocycles. The third kappa shape index (κ3) is 3.82. The lowest BCUT2D eigenvalue weighted by molar-refractivity contribution is 0.0729. The van der Waals surface area contributed by atoms with Gasteiger partial charge in [0.15, 0.2) is 0 Å². The number of alkyl halides is 1. The molecule has 0 aliphatic carbocycles. The maximum atomic E-state index is 12.6. The van der Waals surface area contributed by atoms with Crippen molar-refractivity contribution in [2.24, 2.45) is 0 Å². The highest BCUT2D eigenvalue weighted by atomic mass is 79.9. The first-order chi connectivity index (χ1) is 9.13. The lowest BCUT2D eigenvalue weighted by Gasteiger charge is -2.25. The second kappa shape index (κ2) is 7.23. The molecule has 1 aromatic carbocycles. The first kappa shape index (κ1) is 15.5. The highest BCUT2D eigenvalue weighted by Crippen LogP contribution is 2.28. The van der Waals surface area contributed by atoms with Crippen LogP contribution in [0.25, 0.3) is 0 Å². The number of amides is 1. The molecule has 0 spiro atoms. The molecule has 0 aromatic heterocycles. The summed E-state index contributed by atoms with van der Waals surface area (Å²) in [6, 6.07) is 6.13. The zero-order chi connectivity index (χ0) is 13.8. The summed E-state index contributed by atoms with van der Waals surface area (Å²) < 4.78 is 1.84. The molecule has 0 N–H and O–H groups in total. The van der Waals surface area contributed by atoms with E-state index in [0.717, 1.165) is 52.1 Å². The van der Waals surface area contributed by atoms with Gasteiger partial charge in [-0.2, -0.15) is 0 Å². The molecule has 5 heteroatoms. The van der Waals surface area contributed by atoms with Crippen molar-refractivity contribution in [3.05, 3.63) is 32.7 Å². The number of hydrogen-bond donors (Lipinski definition) is 0. The summed E-state index contributed by atoms with van der Waals surface area (Å²) in [6.45, 7) is 0.883. The third-order valence-electron chi connectivity index (χ3n) is 3.47. The van der Waals surface area contributed by atoms with Crippen molar-refractivity contribution in [1.29, 1.82) is 0 Å². The monoisotopic (exact) mass is 451 g/mol. The largest absolute Gasteiger partial charge is 0.336 e. The van der Waals surface area contributed by atoms with Gasteiger partial charge in [-0.25, -0.2) is 0 Å². The molecule has 1 atom stereocenters. The van der Waals surface area contributed by atoms with E-state index in [2.05, 4.69) is 47.8 Å². The smallest absolute Gasteiger partial charge is 0.255 e. The van der Waals surface area contributed by atoms with Gasteiger partial charge in [-0.1, -0.05) is 31.9 Å². The molecule has 0 radical (unpaired) electrons. The number of rotatable bonds is 4. The zero-order valence-corrected chi connectivity index (χ0v) is 15.3. The average molecular weight is 454 g/mol. The van der Waals surface area contributed by atoms with Gasteiger partial charge in [0.1, 0.15) is 0 Å². The van der Waals surface area contributed by atoms with Gasteiger partial charge < -0.3 is 4.90 Å². The van der Waals surface area contributed by atoms with Crippen LogP contribution in [-0.4, -0.2) is 28.7 Å². The quantitative estimate of drug-likeness (QED) is 0.588. The van der Waals surface area contributed by atoms with Crippen LogP contribution in [0.2, 0.25) is 0 Å². The van der Waals surface area contributed by atoms with Crippen LogP contribution in [0.4, 0.5) is 0 Å². The van der Waals surface area contributed by atoms with Crippen molar-refractivity contribution in [2.75, 3.05) is 11.9 Å². The van der Waals surface area contributed by atoms with E-state index in [0.29, 0.717) is 6.04 Å². The van der Waals surface area contributed by atoms with E-state index in [1.165, 1.54) is 0 Å². The fourth-order valence-corrected chi connectivity index (χ4v) is 4.07. The van der Waals surface area contributed by atoms with Crippen LogP contribution in [0.5, 0.6) is 0 Å². The Labute approximate surface area is 139 Å². The minimum atomic E-state index is 0.149. The highest BCUT2D eigenvalue weighted by Gasteiger charge is 2.29. The fourth-order valence-electron chi connectivity index (χ4n) is 2.53. The van der Waals surface area contributed by atoms with Gasteiger partial charge in [-0.05, 0) is 59.8 Å². The molecular weight excluding hydrogens is 438 g/mol. The van der Waals surface area contributed by atoms with Crippen LogP contribution in [0.1, 0.15) is 36.0 Å². The molecule has 19 heavy (non-hydrogen) atoms. The number of likely N-dealkylation sites (tertiary alicyclic amines) is 1. The Balaban J connectivity index is 2.13. The van der Waals surface area contributed by atoms with E-state index in [9.17, 15) is 4.79 Å². The molecule has 1 aliphatic heterocycles. The topological polar surface area (TPSA) is 20.3 Å². The van der Waals surface area contributed by atoms with Gasteiger partial charge in [0.05, 0.1) is 5.56 Å². The lowest BCUT2D eigenvalue weighted by Crippen LogP contribution is -2.35. The first-order valence-corrected chi connectivity index (χ1v) is 9.16. The normalized spacial score (nSPS) is 18.9. The molecule has 1 aliphatic rings. The van der Waals surface area contributed by atoms with Crippen LogP contribution in [-0.2, 0) is 0 Å². The standard InChI is InChI=1S/C14H16Br3NO/c15-7-1-3-11-4-2-8-18(11)14(19)12-6-5-10(16)9-13(12)17/h5-6,9,11H,1-4,7-8H2. The van der Waals surface area contributed by atoms with E-state index in [1.54, 1.807) is 0 Å². The molecule has 2 nitrogen and oxygen atoms in total. The van der Waals surface area contributed by atoms with Crippen molar-refractivity contribution in [3.8, 4) is 0 Å². The van der Waals surface area contributed by atoms with E-state index >= 15 is 0 Å². The number of hydrogen-bond acceptors (Lipinski definition) is 1. The van der Waals surface area contributed by atoms with Gasteiger partial charge in [0.2, 0.25) is 0 Å². The van der Waals surface area contributed by atoms with Crippen molar-refractivity contribution < 1.29 is 4.79 Å². The summed E-state index contributed by atoms with van der Waals surface area (Å²) in [5.41, 5.74) is 0.758. The number of nitrogens with zero attached hydrogens (tertiary/aromatic N) is 1. The summed E-state index contributed by atoms with van der Waals surface area (Å²) in [4.78, 5) is 14.7. The maximum absolute atomic E-state index is 12.6. The highest BCUT2D eigenvalue weighted by molar-refractivity contribution is 9.11. The van der Waals surface area contributed by atoms with Crippen LogP contribution in [0.3, 0.4) is 0 Å². The average Bonchev–Trinajstić information content (AvgIpc) is 2.83. The van der Waals surface area contributed by atoms with Gasteiger partial charge >= 0.3 is 0 Å². The molecule has 1 fully saturated rings. The second-order valence-electron chi connectivity index (χ2n) is 4.75. The van der Waals surface area contributed by atoms with Crippen molar-refractivity contribution >= 4 is 53.7 Å². The van der Waals surface area contributed by atoms with Gasteiger partial charge in [-0.3, -0.25) is 4.79 Å². The van der Waals surface area contributed by atoms with Crippen LogP contribution in [0, 0.1) is 0 Å². The SMILES string of the molecule is O=C(c1ccc(Br)cc1Br)N1CCCC1CCCBr. The Kier molecular flexibility index (Phi) is 5.90. The summed E-state index contributed by atoms with van der Waals surface area (Å²) in [5.74, 6) is 0.149.